The van der Waals surface area contributed by atoms with Gasteiger partial charge in [0.15, 0.2) is 0 Å². The number of thioether (sulfide) groups is 1. The molecule has 1 aliphatic carbocycles. The van der Waals surface area contributed by atoms with Gasteiger partial charge in [0.1, 0.15) is 0 Å². The molecule has 0 spiro atoms. The van der Waals surface area contributed by atoms with E-state index in [4.69, 9.17) is 5.84 Å². The van der Waals surface area contributed by atoms with E-state index in [0.717, 1.165) is 24.0 Å². The minimum atomic E-state index is 0.209. The maximum Gasteiger partial charge on any atom is 0.0719 e. The Labute approximate surface area is 120 Å². The second-order valence-electron chi connectivity index (χ2n) is 5.29. The Morgan fingerprint density at radius 1 is 1.47 bits per heavy atom. The number of rotatable bonds is 7. The Bertz CT molecular complexity index is 360. The van der Waals surface area contributed by atoms with Crippen LogP contribution in [0.4, 0.5) is 0 Å². The summed E-state index contributed by atoms with van der Waals surface area (Å²) in [5.74, 6) is 6.78. The molecule has 1 aliphatic rings. The van der Waals surface area contributed by atoms with Crippen molar-refractivity contribution >= 4 is 11.8 Å². The van der Waals surface area contributed by atoms with Crippen LogP contribution in [0.3, 0.4) is 0 Å². The molecule has 1 unspecified atom stereocenters. The molecule has 0 saturated heterocycles. The minimum absolute atomic E-state index is 0.209. The summed E-state index contributed by atoms with van der Waals surface area (Å²) in [6, 6.07) is 2.29. The van der Waals surface area contributed by atoms with Crippen molar-refractivity contribution in [3.63, 3.8) is 0 Å². The van der Waals surface area contributed by atoms with Crippen LogP contribution in [0.2, 0.25) is 0 Å². The van der Waals surface area contributed by atoms with Gasteiger partial charge < -0.3 is 0 Å². The van der Waals surface area contributed by atoms with Crippen molar-refractivity contribution in [3.05, 3.63) is 18.0 Å². The molecule has 3 N–H and O–H groups in total. The van der Waals surface area contributed by atoms with Gasteiger partial charge in [-0.3, -0.25) is 16.0 Å². The van der Waals surface area contributed by atoms with E-state index in [2.05, 4.69) is 40.0 Å². The first-order valence-electron chi connectivity index (χ1n) is 7.44. The largest absolute Gasteiger partial charge is 0.271 e. The first-order chi connectivity index (χ1) is 9.35. The van der Waals surface area contributed by atoms with Crippen molar-refractivity contribution in [1.82, 2.24) is 15.2 Å². The zero-order chi connectivity index (χ0) is 13.5. The van der Waals surface area contributed by atoms with Crippen LogP contribution in [0.5, 0.6) is 0 Å². The number of nitrogens with one attached hydrogen (secondary N) is 1. The number of hydrogen-bond acceptors (Lipinski definition) is 4. The summed E-state index contributed by atoms with van der Waals surface area (Å²) in [6.07, 6.45) is 9.92. The van der Waals surface area contributed by atoms with Gasteiger partial charge in [-0.25, -0.2) is 0 Å². The van der Waals surface area contributed by atoms with E-state index in [-0.39, 0.29) is 6.04 Å². The summed E-state index contributed by atoms with van der Waals surface area (Å²) in [5, 5.41) is 5.21. The van der Waals surface area contributed by atoms with Gasteiger partial charge in [0.2, 0.25) is 0 Å². The summed E-state index contributed by atoms with van der Waals surface area (Å²) in [4.78, 5) is 0. The van der Waals surface area contributed by atoms with Gasteiger partial charge in [0.25, 0.3) is 0 Å². The van der Waals surface area contributed by atoms with E-state index in [1.807, 2.05) is 6.20 Å². The maximum atomic E-state index is 5.74. The molecule has 1 heterocycles. The Balaban J connectivity index is 1.89. The third-order valence-corrected chi connectivity index (χ3v) is 5.26. The zero-order valence-corrected chi connectivity index (χ0v) is 12.7. The monoisotopic (exact) mass is 282 g/mol. The molecule has 1 fully saturated rings. The first kappa shape index (κ1) is 14.9. The topological polar surface area (TPSA) is 55.9 Å². The van der Waals surface area contributed by atoms with Crippen LogP contribution in [0.1, 0.15) is 57.2 Å². The molecule has 0 bridgehead atoms. The van der Waals surface area contributed by atoms with E-state index in [1.54, 1.807) is 0 Å². The highest BCUT2D eigenvalue weighted by Crippen LogP contribution is 2.30. The number of hydrogen-bond donors (Lipinski definition) is 2. The molecule has 0 aliphatic heterocycles. The predicted octanol–water partition coefficient (Wildman–Crippen LogP) is 2.86. The molecule has 1 aromatic heterocycles. The van der Waals surface area contributed by atoms with Crippen LogP contribution < -0.4 is 11.3 Å². The van der Waals surface area contributed by atoms with Gasteiger partial charge in [-0.1, -0.05) is 26.2 Å². The molecule has 1 aromatic rings. The van der Waals surface area contributed by atoms with Crippen LogP contribution in [-0.4, -0.2) is 20.8 Å². The summed E-state index contributed by atoms with van der Waals surface area (Å²) in [7, 11) is 0. The summed E-state index contributed by atoms with van der Waals surface area (Å²) in [5.41, 5.74) is 4.18. The number of nitrogens with two attached hydrogens (primary N) is 1. The van der Waals surface area contributed by atoms with Crippen molar-refractivity contribution in [1.29, 1.82) is 0 Å². The lowest BCUT2D eigenvalue weighted by atomic mass is 10.0. The zero-order valence-electron chi connectivity index (χ0n) is 11.8. The van der Waals surface area contributed by atoms with E-state index in [1.165, 1.54) is 37.8 Å². The number of aryl methyl sites for hydroxylation is 1. The molecule has 1 saturated carbocycles. The van der Waals surface area contributed by atoms with Gasteiger partial charge in [0.05, 0.1) is 11.7 Å². The third kappa shape index (κ3) is 4.23. The van der Waals surface area contributed by atoms with Crippen LogP contribution >= 0.6 is 11.8 Å². The SMILES string of the molecule is CCCn1nccc1C(CSC1CCCCC1)NN. The molecule has 2 rings (SSSR count). The number of nitrogens with zero attached hydrogens (tertiary/aromatic N) is 2. The van der Waals surface area contributed by atoms with Crippen molar-refractivity contribution in [2.75, 3.05) is 5.75 Å². The lowest BCUT2D eigenvalue weighted by Gasteiger charge is -2.24. The highest BCUT2D eigenvalue weighted by atomic mass is 32.2. The van der Waals surface area contributed by atoms with E-state index >= 15 is 0 Å². The Kier molecular flexibility index (Phi) is 6.20. The first-order valence-corrected chi connectivity index (χ1v) is 8.49. The molecule has 4 nitrogen and oxygen atoms in total. The molecular weight excluding hydrogens is 256 g/mol. The smallest absolute Gasteiger partial charge is 0.0719 e. The van der Waals surface area contributed by atoms with Gasteiger partial charge in [-0.05, 0) is 25.3 Å². The summed E-state index contributed by atoms with van der Waals surface area (Å²) >= 11 is 2.07. The van der Waals surface area contributed by atoms with Gasteiger partial charge in [-0.2, -0.15) is 16.9 Å². The fourth-order valence-electron chi connectivity index (χ4n) is 2.72. The van der Waals surface area contributed by atoms with Crippen LogP contribution in [-0.2, 0) is 6.54 Å². The Hall–Kier alpha value is -0.520. The Morgan fingerprint density at radius 2 is 2.26 bits per heavy atom. The van der Waals surface area contributed by atoms with Crippen LogP contribution in [0.15, 0.2) is 12.3 Å². The number of aromatic nitrogens is 2. The van der Waals surface area contributed by atoms with Crippen LogP contribution in [0, 0.1) is 0 Å². The van der Waals surface area contributed by atoms with E-state index < -0.39 is 0 Å². The van der Waals surface area contributed by atoms with Crippen molar-refractivity contribution < 1.29 is 0 Å². The standard InChI is InChI=1S/C14H26N4S/c1-2-10-18-14(8-9-16-18)13(17-15)11-19-12-6-4-3-5-7-12/h8-9,12-13,17H,2-7,10-11,15H2,1H3. The quantitative estimate of drug-likeness (QED) is 0.596. The predicted molar refractivity (Wildman–Crippen MR) is 81.9 cm³/mol. The lowest BCUT2D eigenvalue weighted by Crippen LogP contribution is -2.32. The van der Waals surface area contributed by atoms with E-state index in [9.17, 15) is 0 Å². The van der Waals surface area contributed by atoms with Crippen molar-refractivity contribution in [3.8, 4) is 0 Å². The second-order valence-corrected chi connectivity index (χ2v) is 6.63. The molecular formula is C14H26N4S. The van der Waals surface area contributed by atoms with Crippen molar-refractivity contribution in [2.24, 2.45) is 5.84 Å². The fourth-order valence-corrected chi connectivity index (χ4v) is 4.12. The average Bonchev–Trinajstić information content (AvgIpc) is 2.90. The minimum Gasteiger partial charge on any atom is -0.271 e. The van der Waals surface area contributed by atoms with E-state index in [0.29, 0.717) is 0 Å². The molecule has 5 heteroatoms. The fraction of sp³-hybridized carbons (Fsp3) is 0.786. The Morgan fingerprint density at radius 3 is 2.95 bits per heavy atom. The maximum absolute atomic E-state index is 5.74. The average molecular weight is 282 g/mol. The van der Waals surface area contributed by atoms with Gasteiger partial charge >= 0.3 is 0 Å². The molecule has 0 radical (unpaired) electrons. The molecule has 19 heavy (non-hydrogen) atoms. The number of hydrazine groups is 1. The van der Waals surface area contributed by atoms with Gasteiger partial charge in [0, 0.05) is 23.7 Å². The van der Waals surface area contributed by atoms with Crippen LogP contribution in [0.25, 0.3) is 0 Å². The highest BCUT2D eigenvalue weighted by molar-refractivity contribution is 7.99. The molecule has 1 atom stereocenters. The molecule has 0 aromatic carbocycles. The second kappa shape index (κ2) is 7.92. The highest BCUT2D eigenvalue weighted by Gasteiger charge is 2.19. The normalized spacial score (nSPS) is 18.6. The lowest BCUT2D eigenvalue weighted by molar-refractivity contribution is 0.501. The van der Waals surface area contributed by atoms with Gasteiger partial charge in [-0.15, -0.1) is 0 Å². The molecule has 108 valence electrons. The third-order valence-electron chi connectivity index (χ3n) is 3.79. The summed E-state index contributed by atoms with van der Waals surface area (Å²) < 4.78 is 2.08. The molecule has 0 amide bonds. The summed E-state index contributed by atoms with van der Waals surface area (Å²) in [6.45, 7) is 3.14. The van der Waals surface area contributed by atoms with Crippen molar-refractivity contribution in [2.45, 2.75) is 63.3 Å².